The normalized spacial score (nSPS) is 40.6. The van der Waals surface area contributed by atoms with Gasteiger partial charge in [-0.1, -0.05) is 92.0 Å². The van der Waals surface area contributed by atoms with Crippen molar-refractivity contribution in [2.45, 2.75) is 189 Å². The quantitative estimate of drug-likeness (QED) is 0.166. The number of hydrogen-bond donors (Lipinski definition) is 12. The molecule has 0 aromatic heterocycles. The first-order valence-corrected chi connectivity index (χ1v) is 24.3. The predicted octanol–water partition coefficient (Wildman–Crippen LogP) is 0.451. The second-order valence-electron chi connectivity index (χ2n) is 19.7. The molecule has 0 aromatic rings. The maximum absolute atomic E-state index is 13.8. The monoisotopic (exact) mass is 1010 g/mol. The van der Waals surface area contributed by atoms with Gasteiger partial charge in [-0.05, 0) is 47.0 Å². The number of aliphatic hydroxyl groups excluding tert-OH is 9. The Morgan fingerprint density at radius 1 is 0.718 bits per heavy atom. The average Bonchev–Trinajstić information content (AvgIpc) is 3.25. The second kappa shape index (κ2) is 30.3. The van der Waals surface area contributed by atoms with Crippen molar-refractivity contribution in [3.05, 3.63) is 85.1 Å². The van der Waals surface area contributed by atoms with E-state index in [1.54, 1.807) is 101 Å². The van der Waals surface area contributed by atoms with Gasteiger partial charge in [-0.25, -0.2) is 0 Å². The number of carbonyl (C=O) groups excluding carboxylic acids is 3. The number of amides is 1. The molecule has 0 saturated carbocycles. The minimum atomic E-state index is -2.35. The Morgan fingerprint density at radius 3 is 1.92 bits per heavy atom. The zero-order valence-electron chi connectivity index (χ0n) is 41.4. The van der Waals surface area contributed by atoms with Gasteiger partial charge in [-0.15, -0.1) is 0 Å². The highest BCUT2D eigenvalue weighted by atomic mass is 16.7. The highest BCUT2D eigenvalue weighted by molar-refractivity contribution is 5.84. The summed E-state index contributed by atoms with van der Waals surface area (Å²) in [5, 5.41) is 111. The van der Waals surface area contributed by atoms with Crippen LogP contribution in [0.5, 0.6) is 0 Å². The number of fused-ring (bicyclic) bond motifs is 2. The fourth-order valence-electron chi connectivity index (χ4n) is 8.16. The molecule has 0 aliphatic carbocycles. The zero-order valence-corrected chi connectivity index (χ0v) is 41.4. The number of aliphatic hydroxyl groups is 10. The van der Waals surface area contributed by atoms with E-state index in [9.17, 15) is 65.4 Å². The van der Waals surface area contributed by atoms with Crippen molar-refractivity contribution in [2.75, 3.05) is 13.2 Å². The Balaban J connectivity index is 1.93. The molecule has 3 heterocycles. The van der Waals surface area contributed by atoms with Gasteiger partial charge < -0.3 is 85.8 Å². The zero-order chi connectivity index (χ0) is 52.9. The Bertz CT molecular complexity index is 1850. The lowest BCUT2D eigenvalue weighted by Crippen LogP contribution is -2.59. The fourth-order valence-corrected chi connectivity index (χ4v) is 8.16. The molecular formula is C51H80N2O18. The number of ether oxygens (including phenoxy) is 5. The molecule has 2 saturated heterocycles. The lowest BCUT2D eigenvalue weighted by atomic mass is 9.82. The topological polar surface area (TPSA) is 338 Å². The standard InChI is InChI=1S/C51H80N2O18/c1-31-18-16-14-12-10-8-6-7-9-11-13-15-17-19-36(69-49-47(64)46(52)41(61)30-67-49)26-42-45(48(65)53-29-44(63)71-50(3,4)5)40(60)28-51(66,70-42)27-35(56)24-39(59)37(57)21-20-33(54)23-34(55)25-43(62)68-32(2)22-38(31)58/h6-19,31-42,45-47,49,54-61,64,66H,20-30,52H2,1-5H3,(H,53,65)/b7-6+,10-8+,11-9+,14-12+,15-13+,18-16+,19-17+/t31-,32-,33+,34+,35?,36?,37?,38-,39?,40-,41+,42-,45+,46-,47-,49-,51?/m0/s1. The summed E-state index contributed by atoms with van der Waals surface area (Å²) >= 11 is 0. The van der Waals surface area contributed by atoms with E-state index in [2.05, 4.69) is 5.32 Å². The highest BCUT2D eigenvalue weighted by Gasteiger charge is 2.50. The lowest BCUT2D eigenvalue weighted by molar-refractivity contribution is -0.304. The van der Waals surface area contributed by atoms with Crippen molar-refractivity contribution in [2.24, 2.45) is 17.6 Å². The minimum Gasteiger partial charge on any atom is -0.462 e. The third kappa shape index (κ3) is 23.2. The Hall–Kier alpha value is -3.97. The molecule has 20 nitrogen and oxygen atoms in total. The fraction of sp³-hybridized carbons (Fsp3) is 0.667. The van der Waals surface area contributed by atoms with E-state index in [0.29, 0.717) is 0 Å². The molecular weight excluding hydrogens is 929 g/mol. The molecule has 71 heavy (non-hydrogen) atoms. The summed E-state index contributed by atoms with van der Waals surface area (Å²) in [6, 6.07) is -1.15. The first-order valence-electron chi connectivity index (χ1n) is 24.3. The SMILES string of the molecule is C[C@H]1C[C@H](O)[C@@H](C)/C=C/C=C/C=C/C=C/C=C/C=C/C=C/C(O[C@@H]2OC[C@@H](O)[C@H](N)[C@@H]2O)C[C@@H]2OC(O)(CC(O)CC(O)C(O)CC[C@@H](O)C[C@@H](O)CC(=O)O1)C[C@H](O)[C@H]2C(=O)NCC(=O)OC(C)(C)C. The molecule has 17 atom stereocenters. The van der Waals surface area contributed by atoms with Crippen LogP contribution < -0.4 is 11.1 Å². The molecule has 13 N–H and O–H groups in total. The summed E-state index contributed by atoms with van der Waals surface area (Å²) in [6.45, 7) is 7.51. The van der Waals surface area contributed by atoms with Crippen LogP contribution >= 0.6 is 0 Å². The Labute approximate surface area is 416 Å². The number of carbonyl (C=O) groups is 3. The van der Waals surface area contributed by atoms with E-state index < -0.39 is 153 Å². The van der Waals surface area contributed by atoms with Gasteiger partial charge in [-0.2, -0.15) is 0 Å². The molecule has 3 aliphatic heterocycles. The number of hydrogen-bond acceptors (Lipinski definition) is 19. The van der Waals surface area contributed by atoms with Gasteiger partial charge in [0.1, 0.15) is 24.4 Å². The van der Waals surface area contributed by atoms with Gasteiger partial charge in [-0.3, -0.25) is 14.4 Å². The van der Waals surface area contributed by atoms with Crippen LogP contribution in [0.1, 0.15) is 92.4 Å². The summed E-state index contributed by atoms with van der Waals surface area (Å²) in [7, 11) is 0. The maximum Gasteiger partial charge on any atom is 0.325 e. The number of rotatable bonds is 5. The number of esters is 2. The van der Waals surface area contributed by atoms with Gasteiger partial charge >= 0.3 is 11.9 Å². The number of nitrogens with two attached hydrogens (primary N) is 1. The minimum absolute atomic E-state index is 0.116. The Kier molecular flexibility index (Phi) is 26.2. The van der Waals surface area contributed by atoms with E-state index in [-0.39, 0.29) is 44.6 Å². The lowest BCUT2D eigenvalue weighted by Gasteiger charge is -2.45. The van der Waals surface area contributed by atoms with Gasteiger partial charge in [0.2, 0.25) is 5.91 Å². The summed E-state index contributed by atoms with van der Waals surface area (Å²) in [5.74, 6) is -6.43. The van der Waals surface area contributed by atoms with Gasteiger partial charge in [0, 0.05) is 38.0 Å². The van der Waals surface area contributed by atoms with Crippen LogP contribution in [0.4, 0.5) is 0 Å². The molecule has 0 aromatic carbocycles. The van der Waals surface area contributed by atoms with Crippen molar-refractivity contribution in [3.63, 3.8) is 0 Å². The van der Waals surface area contributed by atoms with E-state index in [4.69, 9.17) is 29.4 Å². The van der Waals surface area contributed by atoms with Crippen LogP contribution in [0.2, 0.25) is 0 Å². The first kappa shape index (κ1) is 61.3. The van der Waals surface area contributed by atoms with Crippen LogP contribution in [-0.4, -0.2) is 179 Å². The Morgan fingerprint density at radius 2 is 1.31 bits per heavy atom. The molecule has 0 radical (unpaired) electrons. The van der Waals surface area contributed by atoms with Crippen molar-refractivity contribution in [1.82, 2.24) is 5.32 Å². The molecule has 20 heteroatoms. The molecule has 2 bridgehead atoms. The van der Waals surface area contributed by atoms with Crippen LogP contribution in [0, 0.1) is 11.8 Å². The molecule has 1 amide bonds. The second-order valence-corrected chi connectivity index (χ2v) is 19.7. The molecule has 5 unspecified atom stereocenters. The van der Waals surface area contributed by atoms with Gasteiger partial charge in [0.05, 0.1) is 86.0 Å². The maximum atomic E-state index is 13.8. The largest absolute Gasteiger partial charge is 0.462 e. The average molecular weight is 1010 g/mol. The third-order valence-electron chi connectivity index (χ3n) is 11.9. The van der Waals surface area contributed by atoms with Crippen molar-refractivity contribution >= 4 is 17.8 Å². The molecule has 0 spiro atoms. The predicted molar refractivity (Wildman–Crippen MR) is 259 cm³/mol. The molecule has 402 valence electrons. The smallest absolute Gasteiger partial charge is 0.325 e. The van der Waals surface area contributed by atoms with Crippen molar-refractivity contribution < 1.29 is 89.1 Å². The third-order valence-corrected chi connectivity index (χ3v) is 11.9. The highest BCUT2D eigenvalue weighted by Crippen LogP contribution is 2.38. The van der Waals surface area contributed by atoms with Crippen LogP contribution in [0.25, 0.3) is 0 Å². The van der Waals surface area contributed by atoms with Crippen molar-refractivity contribution in [1.29, 1.82) is 0 Å². The molecule has 3 rings (SSSR count). The number of cyclic esters (lactones) is 1. The van der Waals surface area contributed by atoms with Crippen LogP contribution in [0.15, 0.2) is 85.1 Å². The van der Waals surface area contributed by atoms with Gasteiger partial charge in [0.15, 0.2) is 12.1 Å². The number of allylic oxidation sites excluding steroid dienone is 12. The summed E-state index contributed by atoms with van der Waals surface area (Å²) in [4.78, 5) is 38.9. The first-order chi connectivity index (χ1) is 33.4. The van der Waals surface area contributed by atoms with Gasteiger partial charge in [0.25, 0.3) is 0 Å². The van der Waals surface area contributed by atoms with E-state index in [0.717, 1.165) is 0 Å². The molecule has 2 fully saturated rings. The summed E-state index contributed by atoms with van der Waals surface area (Å²) in [6.07, 6.45) is 4.45. The van der Waals surface area contributed by atoms with Crippen molar-refractivity contribution in [3.8, 4) is 0 Å². The van der Waals surface area contributed by atoms with E-state index in [1.165, 1.54) is 6.08 Å². The van der Waals surface area contributed by atoms with E-state index in [1.807, 2.05) is 13.0 Å². The summed E-state index contributed by atoms with van der Waals surface area (Å²) < 4.78 is 28.5. The number of nitrogens with one attached hydrogen (secondary N) is 1. The molecule has 3 aliphatic rings. The van der Waals surface area contributed by atoms with E-state index >= 15 is 0 Å². The van der Waals surface area contributed by atoms with Crippen LogP contribution in [-0.2, 0) is 38.1 Å². The van der Waals surface area contributed by atoms with Crippen LogP contribution in [0.3, 0.4) is 0 Å². The summed E-state index contributed by atoms with van der Waals surface area (Å²) in [5.41, 5.74) is 5.14.